The largest absolute Gasteiger partial charge is 0.469 e. The van der Waals surface area contributed by atoms with Gasteiger partial charge in [-0.05, 0) is 12.8 Å². The third-order valence-electron chi connectivity index (χ3n) is 2.81. The summed E-state index contributed by atoms with van der Waals surface area (Å²) in [5.41, 5.74) is 2.39. The van der Waals surface area contributed by atoms with Gasteiger partial charge in [0.15, 0.2) is 0 Å². The number of hydrogen-bond acceptors (Lipinski definition) is 4. The average molecular weight is 257 g/mol. The van der Waals surface area contributed by atoms with Crippen molar-refractivity contribution in [1.82, 2.24) is 5.43 Å². The summed E-state index contributed by atoms with van der Waals surface area (Å²) < 4.78 is 4.59. The molecule has 0 amide bonds. The monoisotopic (exact) mass is 257 g/mol. The molecule has 0 spiro atoms. The van der Waals surface area contributed by atoms with Gasteiger partial charge in [-0.2, -0.15) is 0 Å². The van der Waals surface area contributed by atoms with Crippen molar-refractivity contribution in [3.63, 3.8) is 0 Å². The van der Waals surface area contributed by atoms with Crippen molar-refractivity contribution >= 4 is 12.3 Å². The van der Waals surface area contributed by atoms with E-state index in [0.717, 1.165) is 25.8 Å². The normalized spacial score (nSPS) is 10.8. The molecule has 0 rings (SSSR count). The smallest absolute Gasteiger partial charge is 0.305 e. The number of carbonyl (C=O) groups is 1. The number of hydrazine groups is 1. The highest BCUT2D eigenvalue weighted by molar-refractivity contribution is 5.68. The van der Waals surface area contributed by atoms with Crippen LogP contribution >= 0.6 is 0 Å². The number of aliphatic imine (C=N–C) groups is 1. The number of nitrogens with one attached hydrogen (secondary N) is 1. The third kappa shape index (κ3) is 13.0. The number of nitrogens with two attached hydrogens (primary N) is 1. The lowest BCUT2D eigenvalue weighted by Crippen LogP contribution is -2.19. The summed E-state index contributed by atoms with van der Waals surface area (Å²) in [5, 5.41) is 0. The number of rotatable bonds is 12. The van der Waals surface area contributed by atoms with E-state index in [1.165, 1.54) is 45.6 Å². The molecule has 0 aromatic rings. The van der Waals surface area contributed by atoms with Crippen LogP contribution in [0.5, 0.6) is 0 Å². The van der Waals surface area contributed by atoms with E-state index < -0.39 is 0 Å². The summed E-state index contributed by atoms with van der Waals surface area (Å²) in [6.07, 6.45) is 11.5. The van der Waals surface area contributed by atoms with Crippen LogP contribution in [-0.4, -0.2) is 26.0 Å². The van der Waals surface area contributed by atoms with Crippen LogP contribution in [0.1, 0.15) is 57.8 Å². The van der Waals surface area contributed by atoms with Crippen molar-refractivity contribution in [1.29, 1.82) is 0 Å². The highest BCUT2D eigenvalue weighted by Crippen LogP contribution is 2.09. The van der Waals surface area contributed by atoms with Gasteiger partial charge in [-0.15, -0.1) is 0 Å². The molecule has 0 aromatic heterocycles. The fourth-order valence-corrected chi connectivity index (χ4v) is 1.75. The molecule has 0 aliphatic carbocycles. The minimum absolute atomic E-state index is 0.0949. The first-order chi connectivity index (χ1) is 8.81. The van der Waals surface area contributed by atoms with Crippen molar-refractivity contribution in [3.8, 4) is 0 Å². The number of nitrogens with zero attached hydrogens (tertiary/aromatic N) is 1. The van der Waals surface area contributed by atoms with E-state index in [0.29, 0.717) is 6.42 Å². The Hall–Kier alpha value is -1.10. The second-order valence-corrected chi connectivity index (χ2v) is 4.36. The van der Waals surface area contributed by atoms with Gasteiger partial charge in [-0.1, -0.05) is 38.5 Å². The molecule has 0 aliphatic heterocycles. The van der Waals surface area contributed by atoms with Gasteiger partial charge in [0.25, 0.3) is 0 Å². The van der Waals surface area contributed by atoms with Gasteiger partial charge in [0.2, 0.25) is 0 Å². The molecule has 5 nitrogen and oxygen atoms in total. The first kappa shape index (κ1) is 16.9. The standard InChI is InChI=1S/C13H27N3O2/c1-18-13(17)10-8-6-4-2-3-5-7-9-11-15-12-16-14/h12H,2-11,14H2,1H3,(H,15,16). The molecule has 106 valence electrons. The zero-order valence-corrected chi connectivity index (χ0v) is 11.5. The zero-order chi connectivity index (χ0) is 13.5. The molecule has 0 atom stereocenters. The quantitative estimate of drug-likeness (QED) is 0.140. The Balaban J connectivity index is 3.03. The molecule has 0 unspecified atom stereocenters. The Morgan fingerprint density at radius 2 is 1.67 bits per heavy atom. The van der Waals surface area contributed by atoms with E-state index >= 15 is 0 Å². The maximum absolute atomic E-state index is 10.8. The number of methoxy groups -OCH3 is 1. The summed E-state index contributed by atoms with van der Waals surface area (Å²) in [6.45, 7) is 0.851. The SMILES string of the molecule is COC(=O)CCCCCCCCCCN=CNN. The maximum Gasteiger partial charge on any atom is 0.305 e. The van der Waals surface area contributed by atoms with Gasteiger partial charge in [0.1, 0.15) is 0 Å². The topological polar surface area (TPSA) is 76.7 Å². The van der Waals surface area contributed by atoms with Crippen LogP contribution in [0.15, 0.2) is 4.99 Å². The van der Waals surface area contributed by atoms with Gasteiger partial charge in [-0.3, -0.25) is 9.79 Å². The Morgan fingerprint density at radius 1 is 1.11 bits per heavy atom. The molecule has 0 bridgehead atoms. The van der Waals surface area contributed by atoms with E-state index in [9.17, 15) is 4.79 Å². The molecule has 3 N–H and O–H groups in total. The van der Waals surface area contributed by atoms with Crippen molar-refractivity contribution in [2.45, 2.75) is 57.8 Å². The second kappa shape index (κ2) is 14.0. The van der Waals surface area contributed by atoms with Crippen LogP contribution in [0.25, 0.3) is 0 Å². The minimum atomic E-state index is -0.0949. The Morgan fingerprint density at radius 3 is 2.22 bits per heavy atom. The first-order valence-electron chi connectivity index (χ1n) is 6.82. The average Bonchev–Trinajstić information content (AvgIpc) is 2.39. The van der Waals surface area contributed by atoms with Crippen molar-refractivity contribution in [2.75, 3.05) is 13.7 Å². The number of esters is 1. The lowest BCUT2D eigenvalue weighted by molar-refractivity contribution is -0.140. The summed E-state index contributed by atoms with van der Waals surface area (Å²) in [7, 11) is 1.44. The number of carbonyl (C=O) groups excluding carboxylic acids is 1. The summed E-state index contributed by atoms with van der Waals surface area (Å²) in [4.78, 5) is 14.9. The molecular formula is C13H27N3O2. The number of ether oxygens (including phenoxy) is 1. The highest BCUT2D eigenvalue weighted by atomic mass is 16.5. The molecule has 18 heavy (non-hydrogen) atoms. The van der Waals surface area contributed by atoms with Crippen molar-refractivity contribution < 1.29 is 9.53 Å². The molecular weight excluding hydrogens is 230 g/mol. The van der Waals surface area contributed by atoms with Gasteiger partial charge in [0.05, 0.1) is 13.4 Å². The minimum Gasteiger partial charge on any atom is -0.469 e. The molecule has 0 fully saturated rings. The molecule has 5 heteroatoms. The van der Waals surface area contributed by atoms with E-state index in [1.807, 2.05) is 0 Å². The van der Waals surface area contributed by atoms with Crippen LogP contribution in [-0.2, 0) is 9.53 Å². The molecule has 0 aliphatic rings. The van der Waals surface area contributed by atoms with Crippen LogP contribution < -0.4 is 11.3 Å². The lowest BCUT2D eigenvalue weighted by atomic mass is 10.1. The third-order valence-corrected chi connectivity index (χ3v) is 2.81. The van der Waals surface area contributed by atoms with E-state index in [-0.39, 0.29) is 5.97 Å². The lowest BCUT2D eigenvalue weighted by Gasteiger charge is -2.01. The molecule has 0 aromatic carbocycles. The molecule has 0 saturated heterocycles. The summed E-state index contributed by atoms with van der Waals surface area (Å²) in [6, 6.07) is 0. The predicted molar refractivity (Wildman–Crippen MR) is 74.3 cm³/mol. The van der Waals surface area contributed by atoms with E-state index in [2.05, 4.69) is 15.2 Å². The second-order valence-electron chi connectivity index (χ2n) is 4.36. The fraction of sp³-hybridized carbons (Fsp3) is 0.846. The van der Waals surface area contributed by atoms with Crippen LogP contribution in [0, 0.1) is 0 Å². The van der Waals surface area contributed by atoms with Crippen LogP contribution in [0.3, 0.4) is 0 Å². The van der Waals surface area contributed by atoms with Gasteiger partial charge < -0.3 is 10.2 Å². The summed E-state index contributed by atoms with van der Waals surface area (Å²) in [5.74, 6) is 4.95. The number of unbranched alkanes of at least 4 members (excludes halogenated alkanes) is 7. The maximum atomic E-state index is 10.8. The number of hydrogen-bond donors (Lipinski definition) is 2. The fourth-order valence-electron chi connectivity index (χ4n) is 1.75. The van der Waals surface area contributed by atoms with E-state index in [1.54, 1.807) is 0 Å². The van der Waals surface area contributed by atoms with Crippen LogP contribution in [0.4, 0.5) is 0 Å². The molecule has 0 saturated carbocycles. The Bertz CT molecular complexity index is 220. The first-order valence-corrected chi connectivity index (χ1v) is 6.82. The van der Waals surface area contributed by atoms with Gasteiger partial charge in [0, 0.05) is 13.0 Å². The molecule has 0 heterocycles. The molecule has 0 radical (unpaired) electrons. The van der Waals surface area contributed by atoms with E-state index in [4.69, 9.17) is 5.84 Å². The highest BCUT2D eigenvalue weighted by Gasteiger charge is 1.98. The Kier molecular flexibility index (Phi) is 13.1. The van der Waals surface area contributed by atoms with Gasteiger partial charge >= 0.3 is 5.97 Å². The van der Waals surface area contributed by atoms with Crippen molar-refractivity contribution in [3.05, 3.63) is 0 Å². The van der Waals surface area contributed by atoms with Gasteiger partial charge in [-0.25, -0.2) is 5.84 Å². The zero-order valence-electron chi connectivity index (χ0n) is 11.5. The Labute approximate surface area is 110 Å². The predicted octanol–water partition coefficient (Wildman–Crippen LogP) is 2.16. The van der Waals surface area contributed by atoms with Crippen LogP contribution in [0.2, 0.25) is 0 Å². The van der Waals surface area contributed by atoms with Crippen molar-refractivity contribution in [2.24, 2.45) is 10.8 Å². The summed E-state index contributed by atoms with van der Waals surface area (Å²) >= 11 is 0.